The average Bonchev–Trinajstić information content (AvgIpc) is 2.93. The van der Waals surface area contributed by atoms with Crippen LogP contribution in [0.15, 0.2) is 0 Å². The highest BCUT2D eigenvalue weighted by atomic mass is 16.4. The van der Waals surface area contributed by atoms with E-state index >= 15 is 0 Å². The Morgan fingerprint density at radius 3 is 0.571 bits per heavy atom. The molecule has 0 rings (SSSR count). The Kier molecular flexibility index (Phi) is 48.3. The van der Waals surface area contributed by atoms with Gasteiger partial charge in [0.25, 0.3) is 0 Å². The van der Waals surface area contributed by atoms with E-state index in [1.54, 1.807) is 0 Å². The number of hydrogen-bond acceptors (Lipinski definition) is 4. The average molecular weight is 605 g/mol. The molecule has 0 saturated heterocycles. The third kappa shape index (κ3) is 66.3. The van der Waals surface area contributed by atoms with Crippen molar-refractivity contribution in [1.82, 2.24) is 0 Å². The molecule has 0 radical (unpaired) electrons. The Labute approximate surface area is 258 Å². The predicted molar refractivity (Wildman–Crippen MR) is 173 cm³/mol. The van der Waals surface area contributed by atoms with Gasteiger partial charge in [-0.2, -0.15) is 0 Å². The summed E-state index contributed by atoms with van der Waals surface area (Å²) in [5.41, 5.74) is 0. The number of carbonyl (C=O) groups is 4. The maximum atomic E-state index is 10.1. The Hall–Kier alpha value is -2.12. The standard InChI is InChI=1S/2C9H18O2.2C8H16O2/c2*1-2-3-4-5-6-7-8-9(10)11;2*1-2-3-4-5-6-7-8(9)10/h2*2-8H2,1H3,(H,10,11);2*2-7H2,1H3,(H,9,10). The zero-order valence-electron chi connectivity index (χ0n) is 27.8. The first-order valence-corrected chi connectivity index (χ1v) is 17.0. The van der Waals surface area contributed by atoms with E-state index in [-0.39, 0.29) is 0 Å². The van der Waals surface area contributed by atoms with Crippen LogP contribution in [0.25, 0.3) is 0 Å². The fourth-order valence-corrected chi connectivity index (χ4v) is 3.87. The topological polar surface area (TPSA) is 149 Å². The van der Waals surface area contributed by atoms with Gasteiger partial charge in [0.2, 0.25) is 0 Å². The van der Waals surface area contributed by atoms with Gasteiger partial charge < -0.3 is 20.4 Å². The molecular formula is C34H68O8. The lowest BCUT2D eigenvalue weighted by atomic mass is 10.1. The molecule has 0 aliphatic rings. The van der Waals surface area contributed by atoms with Gasteiger partial charge in [-0.25, -0.2) is 0 Å². The van der Waals surface area contributed by atoms with E-state index in [1.165, 1.54) is 89.9 Å². The van der Waals surface area contributed by atoms with Crippen molar-refractivity contribution in [2.75, 3.05) is 0 Å². The number of aliphatic carboxylic acids is 4. The second kappa shape index (κ2) is 43.3. The number of carboxylic acids is 4. The molecule has 0 amide bonds. The molecule has 0 spiro atoms. The highest BCUT2D eigenvalue weighted by Gasteiger charge is 1.97. The third-order valence-corrected chi connectivity index (χ3v) is 6.48. The maximum Gasteiger partial charge on any atom is 0.303 e. The molecule has 8 heteroatoms. The summed E-state index contributed by atoms with van der Waals surface area (Å²) in [6.45, 7) is 8.66. The van der Waals surface area contributed by atoms with E-state index < -0.39 is 23.9 Å². The quantitative estimate of drug-likeness (QED) is 0.0712. The third-order valence-electron chi connectivity index (χ3n) is 6.48. The highest BCUT2D eigenvalue weighted by Crippen LogP contribution is 2.08. The van der Waals surface area contributed by atoms with Gasteiger partial charge in [-0.15, -0.1) is 0 Å². The van der Waals surface area contributed by atoms with Crippen LogP contribution in [0.5, 0.6) is 0 Å². The highest BCUT2D eigenvalue weighted by molar-refractivity contribution is 5.67. The second-order valence-electron chi connectivity index (χ2n) is 10.9. The van der Waals surface area contributed by atoms with Gasteiger partial charge in [-0.3, -0.25) is 19.2 Å². The van der Waals surface area contributed by atoms with Crippen molar-refractivity contribution in [2.24, 2.45) is 0 Å². The Bertz CT molecular complexity index is 528. The van der Waals surface area contributed by atoms with Crippen LogP contribution >= 0.6 is 0 Å². The van der Waals surface area contributed by atoms with Gasteiger partial charge in [-0.05, 0) is 25.7 Å². The summed E-state index contributed by atoms with van der Waals surface area (Å²) >= 11 is 0. The molecule has 42 heavy (non-hydrogen) atoms. The molecule has 0 aromatic carbocycles. The molecule has 0 bridgehead atoms. The van der Waals surface area contributed by atoms with Crippen LogP contribution in [0.2, 0.25) is 0 Å². The van der Waals surface area contributed by atoms with Crippen molar-refractivity contribution in [3.8, 4) is 0 Å². The van der Waals surface area contributed by atoms with Gasteiger partial charge >= 0.3 is 23.9 Å². The molecular weight excluding hydrogens is 536 g/mol. The van der Waals surface area contributed by atoms with Crippen molar-refractivity contribution in [3.05, 3.63) is 0 Å². The van der Waals surface area contributed by atoms with E-state index in [0.717, 1.165) is 51.4 Å². The van der Waals surface area contributed by atoms with Crippen molar-refractivity contribution < 1.29 is 39.6 Å². The van der Waals surface area contributed by atoms with E-state index in [2.05, 4.69) is 27.7 Å². The van der Waals surface area contributed by atoms with Crippen molar-refractivity contribution in [2.45, 2.75) is 195 Å². The van der Waals surface area contributed by atoms with Crippen LogP contribution in [0.3, 0.4) is 0 Å². The van der Waals surface area contributed by atoms with Gasteiger partial charge in [0.15, 0.2) is 0 Å². The molecule has 0 unspecified atom stereocenters. The van der Waals surface area contributed by atoms with Crippen molar-refractivity contribution >= 4 is 23.9 Å². The Balaban J connectivity index is -0.000000229. The van der Waals surface area contributed by atoms with E-state index in [9.17, 15) is 19.2 Å². The lowest BCUT2D eigenvalue weighted by Crippen LogP contribution is -1.93. The molecule has 0 saturated carbocycles. The summed E-state index contributed by atoms with van der Waals surface area (Å²) in [5, 5.41) is 33.2. The minimum absolute atomic E-state index is 0.337. The lowest BCUT2D eigenvalue weighted by Gasteiger charge is -1.97. The smallest absolute Gasteiger partial charge is 0.303 e. The zero-order valence-corrected chi connectivity index (χ0v) is 27.8. The summed E-state index contributed by atoms with van der Waals surface area (Å²) in [6, 6.07) is 0. The summed E-state index contributed by atoms with van der Waals surface area (Å²) in [5.74, 6) is -2.67. The van der Waals surface area contributed by atoms with E-state index in [0.29, 0.717) is 25.7 Å². The van der Waals surface area contributed by atoms with Crippen LogP contribution in [-0.2, 0) is 19.2 Å². The molecule has 0 heterocycles. The van der Waals surface area contributed by atoms with Crippen LogP contribution in [0.4, 0.5) is 0 Å². The fourth-order valence-electron chi connectivity index (χ4n) is 3.87. The number of rotatable bonds is 26. The monoisotopic (exact) mass is 604 g/mol. The SMILES string of the molecule is CCCCCCCC(=O)O.CCCCCCCC(=O)O.CCCCCCCCC(=O)O.CCCCCCCCC(=O)O. The minimum atomic E-state index is -0.670. The Morgan fingerprint density at radius 1 is 0.286 bits per heavy atom. The first kappa shape index (κ1) is 46.8. The largest absolute Gasteiger partial charge is 0.481 e. The number of hydrogen-bond donors (Lipinski definition) is 4. The molecule has 0 aliphatic heterocycles. The van der Waals surface area contributed by atoms with Crippen molar-refractivity contribution in [1.29, 1.82) is 0 Å². The number of carboxylic acid groups (broad SMARTS) is 4. The second-order valence-corrected chi connectivity index (χ2v) is 10.9. The predicted octanol–water partition coefficient (Wildman–Crippen LogP) is 10.5. The first-order valence-electron chi connectivity index (χ1n) is 17.0. The summed E-state index contributed by atoms with van der Waals surface area (Å²) < 4.78 is 0. The van der Waals surface area contributed by atoms with Crippen LogP contribution in [-0.4, -0.2) is 44.3 Å². The van der Waals surface area contributed by atoms with Gasteiger partial charge in [0.05, 0.1) is 0 Å². The maximum absolute atomic E-state index is 10.1. The lowest BCUT2D eigenvalue weighted by molar-refractivity contribution is -0.138. The molecule has 252 valence electrons. The normalized spacial score (nSPS) is 9.81. The number of unbranched alkanes of at least 4 members (excludes halogenated alkanes) is 18. The van der Waals surface area contributed by atoms with Gasteiger partial charge in [0.1, 0.15) is 0 Å². The molecule has 0 aliphatic carbocycles. The molecule has 0 fully saturated rings. The first-order chi connectivity index (χ1) is 20.1. The minimum Gasteiger partial charge on any atom is -0.481 e. The van der Waals surface area contributed by atoms with Crippen LogP contribution in [0.1, 0.15) is 195 Å². The zero-order chi connectivity index (χ0) is 32.7. The van der Waals surface area contributed by atoms with Gasteiger partial charge in [-0.1, -0.05) is 143 Å². The van der Waals surface area contributed by atoms with Gasteiger partial charge in [0, 0.05) is 25.7 Å². The van der Waals surface area contributed by atoms with Crippen LogP contribution in [0, 0.1) is 0 Å². The molecule has 4 N–H and O–H groups in total. The van der Waals surface area contributed by atoms with Crippen LogP contribution < -0.4 is 0 Å². The summed E-state index contributed by atoms with van der Waals surface area (Å²) in [4.78, 5) is 40.2. The van der Waals surface area contributed by atoms with Crippen molar-refractivity contribution in [3.63, 3.8) is 0 Å². The fraction of sp³-hybridized carbons (Fsp3) is 0.882. The molecule has 0 aromatic heterocycles. The molecule has 8 nitrogen and oxygen atoms in total. The molecule has 0 aromatic rings. The molecule has 0 atom stereocenters. The Morgan fingerprint density at radius 2 is 0.429 bits per heavy atom. The van der Waals surface area contributed by atoms with E-state index in [4.69, 9.17) is 20.4 Å². The van der Waals surface area contributed by atoms with E-state index in [1.807, 2.05) is 0 Å². The summed E-state index contributed by atoms with van der Waals surface area (Å²) in [6.07, 6.45) is 26.3. The summed E-state index contributed by atoms with van der Waals surface area (Å²) in [7, 11) is 0.